The largest absolute Gasteiger partial charge is 0.433 e. The molecule has 9 heteroatoms. The Hall–Kier alpha value is -1.28. The Kier molecular flexibility index (Phi) is 4.23. The van der Waals surface area contributed by atoms with E-state index in [4.69, 9.17) is 17.3 Å². The van der Waals surface area contributed by atoms with Crippen molar-refractivity contribution in [2.45, 2.75) is 19.1 Å². The van der Waals surface area contributed by atoms with Crippen LogP contribution in [0.25, 0.3) is 0 Å². The second-order valence-electron chi connectivity index (χ2n) is 3.21. The van der Waals surface area contributed by atoms with Gasteiger partial charge in [0.1, 0.15) is 5.69 Å². The minimum atomic E-state index is -5.13. The van der Waals surface area contributed by atoms with Crippen LogP contribution in [0.4, 0.5) is 22.0 Å². The molecule has 100 valence electrons. The lowest BCUT2D eigenvalue weighted by molar-refractivity contribution is -0.143. The highest BCUT2D eigenvalue weighted by Gasteiger charge is 2.39. The van der Waals surface area contributed by atoms with Crippen LogP contribution in [0.5, 0.6) is 0 Å². The second kappa shape index (κ2) is 5.15. The Morgan fingerprint density at radius 3 is 2.33 bits per heavy atom. The smallest absolute Gasteiger partial charge is 0.326 e. The number of nitrogens with zero attached hydrogens (tertiary/aromatic N) is 1. The highest BCUT2D eigenvalue weighted by molar-refractivity contribution is 6.67. The summed E-state index contributed by atoms with van der Waals surface area (Å²) in [7, 11) is 0. The fourth-order valence-electron chi connectivity index (χ4n) is 1.34. The molecule has 1 aromatic rings. The molecule has 0 spiro atoms. The Morgan fingerprint density at radius 2 is 2.00 bits per heavy atom. The van der Waals surface area contributed by atoms with Crippen LogP contribution in [-0.4, -0.2) is 10.2 Å². The SMILES string of the molecule is NCc1cc(C(=O)Cl)nc(C(F)(F)F)c1C(F)F. The summed E-state index contributed by atoms with van der Waals surface area (Å²) in [6, 6.07) is 0.728. The van der Waals surface area contributed by atoms with Gasteiger partial charge in [0.2, 0.25) is 0 Å². The number of carbonyl (C=O) groups excluding carboxylic acids is 1. The Balaban J connectivity index is 3.62. The number of nitrogens with two attached hydrogens (primary N) is 1. The maximum absolute atomic E-state index is 12.6. The number of pyridine rings is 1. The molecule has 1 heterocycles. The van der Waals surface area contributed by atoms with E-state index < -0.39 is 46.9 Å². The number of carbonyl (C=O) groups is 1. The predicted octanol–water partition coefficient (Wildman–Crippen LogP) is 2.88. The van der Waals surface area contributed by atoms with Gasteiger partial charge in [-0.1, -0.05) is 0 Å². The molecular weight excluding hydrogens is 283 g/mol. The highest BCUT2D eigenvalue weighted by atomic mass is 35.5. The van der Waals surface area contributed by atoms with Crippen molar-refractivity contribution < 1.29 is 26.7 Å². The first-order valence-electron chi connectivity index (χ1n) is 4.47. The van der Waals surface area contributed by atoms with Crippen LogP contribution in [0, 0.1) is 0 Å². The molecule has 0 saturated heterocycles. The first-order valence-corrected chi connectivity index (χ1v) is 4.85. The van der Waals surface area contributed by atoms with Gasteiger partial charge in [-0.15, -0.1) is 0 Å². The van der Waals surface area contributed by atoms with E-state index in [1.165, 1.54) is 0 Å². The normalized spacial score (nSPS) is 12.0. The monoisotopic (exact) mass is 288 g/mol. The summed E-state index contributed by atoms with van der Waals surface area (Å²) in [6.45, 7) is -0.595. The molecule has 0 unspecified atom stereocenters. The molecule has 1 rings (SSSR count). The minimum absolute atomic E-state index is 0.517. The summed E-state index contributed by atoms with van der Waals surface area (Å²) in [6.07, 6.45) is -8.54. The molecule has 0 amide bonds. The van der Waals surface area contributed by atoms with Gasteiger partial charge in [-0.2, -0.15) is 13.2 Å². The van der Waals surface area contributed by atoms with Crippen LogP contribution in [0.1, 0.15) is 33.7 Å². The third-order valence-electron chi connectivity index (χ3n) is 2.05. The summed E-state index contributed by atoms with van der Waals surface area (Å²) in [5.41, 5.74) is 0.630. The lowest BCUT2D eigenvalue weighted by Gasteiger charge is -2.15. The van der Waals surface area contributed by atoms with Crippen LogP contribution < -0.4 is 5.73 Å². The van der Waals surface area contributed by atoms with Crippen LogP contribution in [0.2, 0.25) is 0 Å². The standard InChI is InChI=1S/C9H6ClF5N2O/c10-7(18)4-1-3(2-16)5(8(11)12)6(17-4)9(13,14)15/h1,8H,2,16H2. The van der Waals surface area contributed by atoms with Crippen LogP contribution in [0.15, 0.2) is 6.07 Å². The van der Waals surface area contributed by atoms with E-state index in [1.807, 2.05) is 0 Å². The fraction of sp³-hybridized carbons (Fsp3) is 0.333. The van der Waals surface area contributed by atoms with Crippen LogP contribution in [-0.2, 0) is 12.7 Å². The fourth-order valence-corrected chi connectivity index (χ4v) is 1.43. The van der Waals surface area contributed by atoms with Crippen molar-refractivity contribution in [1.82, 2.24) is 4.98 Å². The van der Waals surface area contributed by atoms with Gasteiger partial charge in [0.25, 0.3) is 11.7 Å². The van der Waals surface area contributed by atoms with Crippen molar-refractivity contribution in [1.29, 1.82) is 0 Å². The number of halogens is 6. The van der Waals surface area contributed by atoms with Gasteiger partial charge >= 0.3 is 6.18 Å². The van der Waals surface area contributed by atoms with Gasteiger partial charge < -0.3 is 5.73 Å². The van der Waals surface area contributed by atoms with Crippen LogP contribution >= 0.6 is 11.6 Å². The summed E-state index contributed by atoms with van der Waals surface area (Å²) < 4.78 is 63.0. The number of aromatic nitrogens is 1. The zero-order chi connectivity index (χ0) is 14.1. The Bertz CT molecular complexity index is 475. The van der Waals surface area contributed by atoms with Gasteiger partial charge in [0.15, 0.2) is 5.69 Å². The van der Waals surface area contributed by atoms with Gasteiger partial charge in [0, 0.05) is 6.54 Å². The maximum atomic E-state index is 12.6. The van der Waals surface area contributed by atoms with Gasteiger partial charge in [-0.05, 0) is 23.2 Å². The maximum Gasteiger partial charge on any atom is 0.433 e. The first kappa shape index (κ1) is 14.8. The second-order valence-corrected chi connectivity index (χ2v) is 3.55. The molecule has 2 N–H and O–H groups in total. The molecule has 0 saturated carbocycles. The molecule has 0 aromatic carbocycles. The molecule has 0 bridgehead atoms. The van der Waals surface area contributed by atoms with E-state index in [2.05, 4.69) is 4.98 Å². The predicted molar refractivity (Wildman–Crippen MR) is 52.3 cm³/mol. The molecule has 0 aliphatic carbocycles. The average Bonchev–Trinajstić information content (AvgIpc) is 2.25. The number of alkyl halides is 5. The minimum Gasteiger partial charge on any atom is -0.326 e. The summed E-state index contributed by atoms with van der Waals surface area (Å²) in [5.74, 6) is 0. The lowest BCUT2D eigenvalue weighted by atomic mass is 10.0. The number of rotatable bonds is 3. The lowest BCUT2D eigenvalue weighted by Crippen LogP contribution is -2.18. The van der Waals surface area contributed by atoms with E-state index in [1.54, 1.807) is 0 Å². The summed E-state index contributed by atoms with van der Waals surface area (Å²) in [4.78, 5) is 13.6. The quantitative estimate of drug-likeness (QED) is 0.687. The Morgan fingerprint density at radius 1 is 1.44 bits per heavy atom. The summed E-state index contributed by atoms with van der Waals surface area (Å²) in [5, 5.41) is -1.28. The topological polar surface area (TPSA) is 56.0 Å². The highest BCUT2D eigenvalue weighted by Crippen LogP contribution is 2.37. The average molecular weight is 289 g/mol. The van der Waals surface area contributed by atoms with Crippen molar-refractivity contribution in [3.63, 3.8) is 0 Å². The van der Waals surface area contributed by atoms with Crippen LogP contribution in [0.3, 0.4) is 0 Å². The van der Waals surface area contributed by atoms with Crippen molar-refractivity contribution in [3.05, 3.63) is 28.6 Å². The van der Waals surface area contributed by atoms with Gasteiger partial charge in [-0.25, -0.2) is 13.8 Å². The van der Waals surface area contributed by atoms with Crippen molar-refractivity contribution >= 4 is 16.8 Å². The summed E-state index contributed by atoms with van der Waals surface area (Å²) >= 11 is 4.99. The van der Waals surface area contributed by atoms with Crippen molar-refractivity contribution in [2.24, 2.45) is 5.73 Å². The zero-order valence-electron chi connectivity index (χ0n) is 8.56. The van der Waals surface area contributed by atoms with Crippen molar-refractivity contribution in [3.8, 4) is 0 Å². The molecule has 0 atom stereocenters. The van der Waals surface area contributed by atoms with E-state index >= 15 is 0 Å². The van der Waals surface area contributed by atoms with E-state index in [0.29, 0.717) is 0 Å². The molecule has 3 nitrogen and oxygen atoms in total. The molecule has 0 aliphatic rings. The number of hydrogen-bond donors (Lipinski definition) is 1. The molecule has 1 aromatic heterocycles. The zero-order valence-corrected chi connectivity index (χ0v) is 9.32. The number of hydrogen-bond acceptors (Lipinski definition) is 3. The molecular formula is C9H6ClF5N2O. The molecule has 18 heavy (non-hydrogen) atoms. The third kappa shape index (κ3) is 2.94. The van der Waals surface area contributed by atoms with E-state index in [0.717, 1.165) is 6.07 Å². The van der Waals surface area contributed by atoms with Gasteiger partial charge in [0.05, 0.1) is 5.56 Å². The van der Waals surface area contributed by atoms with Crippen molar-refractivity contribution in [2.75, 3.05) is 0 Å². The molecule has 0 aliphatic heterocycles. The molecule has 0 radical (unpaired) electrons. The first-order chi connectivity index (χ1) is 8.18. The van der Waals surface area contributed by atoms with E-state index in [9.17, 15) is 26.7 Å². The Labute approximate surface area is 103 Å². The molecule has 0 fully saturated rings. The third-order valence-corrected chi connectivity index (χ3v) is 2.25. The van der Waals surface area contributed by atoms with Gasteiger partial charge in [-0.3, -0.25) is 4.79 Å². The van der Waals surface area contributed by atoms with E-state index in [-0.39, 0.29) is 0 Å².